The van der Waals surface area contributed by atoms with E-state index >= 15 is 0 Å². The molecule has 5 rings (SSSR count). The molecule has 50 heavy (non-hydrogen) atoms. The van der Waals surface area contributed by atoms with Gasteiger partial charge in [0.05, 0.1) is 21.8 Å². The lowest BCUT2D eigenvalue weighted by atomic mass is 9.81. The number of benzene rings is 2. The molecule has 3 aliphatic rings. The molecule has 0 atom stereocenters. The van der Waals surface area contributed by atoms with Crippen LogP contribution in [0.4, 0.5) is 11.4 Å². The smallest absolute Gasteiger partial charge is 0.265 e. The van der Waals surface area contributed by atoms with Crippen LogP contribution >= 0.6 is 0 Å². The third kappa shape index (κ3) is 8.07. The largest absolute Gasteiger partial charge is 0.344 e. The molecule has 0 radical (unpaired) electrons. The van der Waals surface area contributed by atoms with Gasteiger partial charge < -0.3 is 4.90 Å². The highest BCUT2D eigenvalue weighted by Gasteiger charge is 2.44. The van der Waals surface area contributed by atoms with Gasteiger partial charge in [-0.15, -0.1) is 0 Å². The Morgan fingerprint density at radius 2 is 1.40 bits per heavy atom. The van der Waals surface area contributed by atoms with Gasteiger partial charge in [-0.2, -0.15) is 21.4 Å². The normalized spacial score (nSPS) is 20.7. The first-order valence-electron chi connectivity index (χ1n) is 16.8. The van der Waals surface area contributed by atoms with Crippen molar-refractivity contribution in [3.05, 3.63) is 106 Å². The summed E-state index contributed by atoms with van der Waals surface area (Å²) in [6, 6.07) is 15.8. The molecule has 0 saturated heterocycles. The Hall–Kier alpha value is -3.36. The highest BCUT2D eigenvalue weighted by Crippen LogP contribution is 2.48. The molecule has 0 spiro atoms. The lowest BCUT2D eigenvalue weighted by Gasteiger charge is -2.27. The van der Waals surface area contributed by atoms with Crippen LogP contribution in [0, 0.1) is 0 Å². The topological polar surface area (TPSA) is 149 Å². The van der Waals surface area contributed by atoms with Crippen LogP contribution in [-0.4, -0.2) is 75.5 Å². The third-order valence-corrected chi connectivity index (χ3v) is 12.8. The molecular weight excluding hydrogens is 697 g/mol. The molecule has 13 heteroatoms. The van der Waals surface area contributed by atoms with E-state index < -0.39 is 40.9 Å². The second-order valence-corrected chi connectivity index (χ2v) is 19.4. The van der Waals surface area contributed by atoms with Gasteiger partial charge in [-0.1, -0.05) is 62.4 Å². The molecule has 2 N–H and O–H groups in total. The van der Waals surface area contributed by atoms with Gasteiger partial charge in [0.15, 0.2) is 15.5 Å². The van der Waals surface area contributed by atoms with E-state index in [1.807, 2.05) is 72.8 Å². The number of rotatable bonds is 12. The van der Waals surface area contributed by atoms with Gasteiger partial charge in [-0.05, 0) is 68.4 Å². The van der Waals surface area contributed by atoms with E-state index in [1.54, 1.807) is 0 Å². The molecule has 2 aromatic rings. The second-order valence-electron chi connectivity index (χ2n) is 14.3. The van der Waals surface area contributed by atoms with Crippen LogP contribution in [0.5, 0.6) is 0 Å². The van der Waals surface area contributed by atoms with Crippen molar-refractivity contribution in [2.24, 2.45) is 0 Å². The zero-order chi connectivity index (χ0) is 36.7. The second kappa shape index (κ2) is 14.0. The summed E-state index contributed by atoms with van der Waals surface area (Å²) in [4.78, 5) is 2.34. The Bertz CT molecular complexity index is 2170. The van der Waals surface area contributed by atoms with Crippen LogP contribution in [0.2, 0.25) is 0 Å². The number of hydrogen-bond acceptors (Lipinski definition) is 7. The van der Waals surface area contributed by atoms with Gasteiger partial charge in [0.2, 0.25) is 5.69 Å². The van der Waals surface area contributed by atoms with Crippen LogP contribution in [-0.2, 0) is 40.9 Å². The summed E-state index contributed by atoms with van der Waals surface area (Å²) in [5.41, 5.74) is 6.33. The molecule has 2 heterocycles. The van der Waals surface area contributed by atoms with Crippen LogP contribution in [0.1, 0.15) is 70.9 Å². The third-order valence-electron chi connectivity index (χ3n) is 9.90. The van der Waals surface area contributed by atoms with Crippen molar-refractivity contribution in [1.29, 1.82) is 0 Å². The fourth-order valence-electron chi connectivity index (χ4n) is 7.63. The molecular formula is C37H47N2O8S3+. The maximum atomic E-state index is 13.5. The van der Waals surface area contributed by atoms with Crippen molar-refractivity contribution < 1.29 is 38.9 Å². The SMILES string of the molecule is CC1(C)C(=CC=C2CCCC(C=CC3=[N+](CCCS(=O)(=O)O)c4ccccc4C3(C)C)=C2S(C)(=O)=O)N(CCCS(=O)(=O)O)c2ccccc21. The maximum Gasteiger partial charge on any atom is 0.265 e. The number of nitrogens with zero attached hydrogens (tertiary/aromatic N) is 2. The van der Waals surface area contributed by atoms with E-state index in [0.29, 0.717) is 37.1 Å². The van der Waals surface area contributed by atoms with Gasteiger partial charge in [-0.3, -0.25) is 9.11 Å². The lowest BCUT2D eigenvalue weighted by Crippen LogP contribution is -2.28. The molecule has 2 aromatic carbocycles. The molecule has 10 nitrogen and oxygen atoms in total. The van der Waals surface area contributed by atoms with E-state index in [2.05, 4.69) is 37.2 Å². The van der Waals surface area contributed by atoms with Crippen LogP contribution < -0.4 is 4.90 Å². The Kier molecular flexibility index (Phi) is 10.6. The Labute approximate surface area is 297 Å². The molecule has 0 amide bonds. The number of fused-ring (bicyclic) bond motifs is 2. The summed E-state index contributed by atoms with van der Waals surface area (Å²) < 4.78 is 93.7. The molecule has 2 aliphatic heterocycles. The van der Waals surface area contributed by atoms with Crippen molar-refractivity contribution in [3.8, 4) is 0 Å². The molecule has 0 fully saturated rings. The predicted molar refractivity (Wildman–Crippen MR) is 199 cm³/mol. The summed E-state index contributed by atoms with van der Waals surface area (Å²) in [7, 11) is -11.9. The fourth-order valence-corrected chi connectivity index (χ4v) is 9.91. The average Bonchev–Trinajstić information content (AvgIpc) is 3.35. The van der Waals surface area contributed by atoms with Crippen LogP contribution in [0.15, 0.2) is 94.6 Å². The van der Waals surface area contributed by atoms with E-state index in [-0.39, 0.29) is 29.3 Å². The Balaban J connectivity index is 1.57. The molecule has 0 saturated carbocycles. The number of allylic oxidation sites excluding steroid dienone is 7. The number of anilines is 1. The van der Waals surface area contributed by atoms with E-state index in [0.717, 1.165) is 40.3 Å². The zero-order valence-corrected chi connectivity index (χ0v) is 31.7. The van der Waals surface area contributed by atoms with Crippen molar-refractivity contribution >= 4 is 47.2 Å². The average molecular weight is 744 g/mol. The molecule has 0 unspecified atom stereocenters. The van der Waals surface area contributed by atoms with Gasteiger partial charge in [-0.25, -0.2) is 8.42 Å². The summed E-state index contributed by atoms with van der Waals surface area (Å²) >= 11 is 0. The highest BCUT2D eigenvalue weighted by molar-refractivity contribution is 7.94. The summed E-state index contributed by atoms with van der Waals surface area (Å²) in [6.07, 6.45) is 11.2. The Morgan fingerprint density at radius 1 is 0.780 bits per heavy atom. The van der Waals surface area contributed by atoms with Crippen molar-refractivity contribution in [2.75, 3.05) is 35.8 Å². The molecule has 1 aliphatic carbocycles. The fraction of sp³-hybridized carbons (Fsp3) is 0.432. The predicted octanol–water partition coefficient (Wildman–Crippen LogP) is 6.27. The first kappa shape index (κ1) is 37.9. The monoisotopic (exact) mass is 743 g/mol. The van der Waals surface area contributed by atoms with Crippen molar-refractivity contribution in [1.82, 2.24) is 0 Å². The minimum Gasteiger partial charge on any atom is -0.344 e. The number of para-hydroxylation sites is 2. The minimum absolute atomic E-state index is 0.215. The van der Waals surface area contributed by atoms with Gasteiger partial charge >= 0.3 is 0 Å². The van der Waals surface area contributed by atoms with E-state index in [4.69, 9.17) is 0 Å². The van der Waals surface area contributed by atoms with E-state index in [9.17, 15) is 34.4 Å². The Morgan fingerprint density at radius 3 is 2.06 bits per heavy atom. The maximum absolute atomic E-state index is 13.5. The van der Waals surface area contributed by atoms with Crippen molar-refractivity contribution in [2.45, 2.75) is 70.6 Å². The number of hydrogen-bond donors (Lipinski definition) is 2. The zero-order valence-electron chi connectivity index (χ0n) is 29.3. The van der Waals surface area contributed by atoms with Gasteiger partial charge in [0.25, 0.3) is 20.2 Å². The van der Waals surface area contributed by atoms with Gasteiger partial charge in [0, 0.05) is 53.7 Å². The minimum atomic E-state index is -4.12. The molecule has 0 bridgehead atoms. The van der Waals surface area contributed by atoms with Crippen LogP contribution in [0.25, 0.3) is 0 Å². The molecule has 0 aromatic heterocycles. The lowest BCUT2D eigenvalue weighted by molar-refractivity contribution is -0.437. The summed E-state index contributed by atoms with van der Waals surface area (Å²) in [6.45, 7) is 9.05. The summed E-state index contributed by atoms with van der Waals surface area (Å²) in [5.74, 6) is -0.730. The van der Waals surface area contributed by atoms with Gasteiger partial charge in [0.1, 0.15) is 6.54 Å². The first-order chi connectivity index (χ1) is 23.2. The molecule has 270 valence electrons. The first-order valence-corrected chi connectivity index (χ1v) is 21.9. The van der Waals surface area contributed by atoms with Crippen LogP contribution in [0.3, 0.4) is 0 Å². The standard InChI is InChI=1S/C37H46N2O8S3/c1-36(2)29-15-6-8-17-31(29)38(23-11-25-49(42,43)44)33(36)21-19-27-13-10-14-28(35(27)48(5,40)41)20-22-34-37(3,4)30-16-7-9-18-32(30)39(34)24-12-26-50(45,46)47/h6-9,15-22H,10-14,23-26H2,1-5H3,(H-,42,43,44,45,46,47)/p+1. The quantitative estimate of drug-likeness (QED) is 0.190. The highest BCUT2D eigenvalue weighted by atomic mass is 32.2. The van der Waals surface area contributed by atoms with Crippen molar-refractivity contribution in [3.63, 3.8) is 0 Å². The number of sulfone groups is 1. The summed E-state index contributed by atoms with van der Waals surface area (Å²) in [5, 5.41) is 0. The van der Waals surface area contributed by atoms with E-state index in [1.165, 1.54) is 6.26 Å².